The van der Waals surface area contributed by atoms with Crippen molar-refractivity contribution in [3.8, 4) is 0 Å². The van der Waals surface area contributed by atoms with Crippen molar-refractivity contribution in [3.05, 3.63) is 29.8 Å². The van der Waals surface area contributed by atoms with Crippen LogP contribution < -0.4 is 4.90 Å². The van der Waals surface area contributed by atoms with Gasteiger partial charge in [-0.2, -0.15) is 0 Å². The van der Waals surface area contributed by atoms with Gasteiger partial charge in [0.05, 0.1) is 18.3 Å². The van der Waals surface area contributed by atoms with Crippen LogP contribution in [-0.4, -0.2) is 30.4 Å². The van der Waals surface area contributed by atoms with E-state index < -0.39 is 0 Å². The molecular weight excluding hydrogens is 226 g/mol. The van der Waals surface area contributed by atoms with Crippen LogP contribution in [0.1, 0.15) is 37.9 Å². The molecule has 0 amide bonds. The van der Waals surface area contributed by atoms with Crippen LogP contribution in [0.5, 0.6) is 0 Å². The lowest BCUT2D eigenvalue weighted by Gasteiger charge is -2.35. The lowest BCUT2D eigenvalue weighted by molar-refractivity contribution is 0.0588. The number of ether oxygens (including phenoxy) is 1. The summed E-state index contributed by atoms with van der Waals surface area (Å²) in [4.78, 5) is 2.37. The fourth-order valence-electron chi connectivity index (χ4n) is 3.07. The second kappa shape index (κ2) is 4.90. The van der Waals surface area contributed by atoms with Crippen molar-refractivity contribution in [2.24, 2.45) is 0 Å². The van der Waals surface area contributed by atoms with Gasteiger partial charge in [0.25, 0.3) is 0 Å². The molecule has 1 aromatic rings. The number of anilines is 1. The quantitative estimate of drug-likeness (QED) is 0.871. The second-order valence-electron chi connectivity index (χ2n) is 5.46. The van der Waals surface area contributed by atoms with Gasteiger partial charge in [-0.1, -0.05) is 18.2 Å². The smallest absolute Gasteiger partial charge is 0.0826 e. The molecule has 3 unspecified atom stereocenters. The summed E-state index contributed by atoms with van der Waals surface area (Å²) >= 11 is 0. The highest BCUT2D eigenvalue weighted by Crippen LogP contribution is 2.34. The zero-order valence-electron chi connectivity index (χ0n) is 10.9. The van der Waals surface area contributed by atoms with Crippen molar-refractivity contribution >= 4 is 5.69 Å². The summed E-state index contributed by atoms with van der Waals surface area (Å²) in [6.07, 6.45) is 3.59. The largest absolute Gasteiger partial charge is 0.388 e. The molecule has 3 rings (SSSR count). The van der Waals surface area contributed by atoms with Gasteiger partial charge in [-0.05, 0) is 32.3 Å². The minimum atomic E-state index is -0.305. The van der Waals surface area contributed by atoms with E-state index in [0.29, 0.717) is 12.2 Å². The molecule has 2 aliphatic rings. The molecule has 2 heterocycles. The van der Waals surface area contributed by atoms with Crippen molar-refractivity contribution in [1.82, 2.24) is 0 Å². The van der Waals surface area contributed by atoms with Crippen LogP contribution in [-0.2, 0) is 4.74 Å². The molecule has 0 saturated carbocycles. The van der Waals surface area contributed by atoms with E-state index in [0.717, 1.165) is 31.5 Å². The van der Waals surface area contributed by atoms with Gasteiger partial charge < -0.3 is 14.7 Å². The minimum Gasteiger partial charge on any atom is -0.388 e. The predicted octanol–water partition coefficient (Wildman–Crippen LogP) is 2.50. The summed E-state index contributed by atoms with van der Waals surface area (Å²) in [5.74, 6) is 0. The molecule has 1 N–H and O–H groups in total. The van der Waals surface area contributed by atoms with E-state index in [2.05, 4.69) is 17.9 Å². The standard InChI is InChI=1S/C15H21NO2/c1-11-6-7-12(18-11)10-16-9-8-15(17)13-4-2-3-5-14(13)16/h2-5,11-12,15,17H,6-10H2,1H3. The summed E-state index contributed by atoms with van der Waals surface area (Å²) in [6.45, 7) is 4.02. The van der Waals surface area contributed by atoms with Crippen LogP contribution in [0, 0.1) is 0 Å². The van der Waals surface area contributed by atoms with Crippen molar-refractivity contribution in [1.29, 1.82) is 0 Å². The lowest BCUT2D eigenvalue weighted by atomic mass is 9.98. The zero-order valence-corrected chi connectivity index (χ0v) is 10.9. The average molecular weight is 247 g/mol. The minimum absolute atomic E-state index is 0.305. The third kappa shape index (κ3) is 2.25. The fourth-order valence-corrected chi connectivity index (χ4v) is 3.07. The predicted molar refractivity (Wildman–Crippen MR) is 71.8 cm³/mol. The number of hydrogen-bond acceptors (Lipinski definition) is 3. The van der Waals surface area contributed by atoms with E-state index in [9.17, 15) is 5.11 Å². The lowest BCUT2D eigenvalue weighted by Crippen LogP contribution is -2.37. The van der Waals surface area contributed by atoms with Crippen molar-refractivity contribution in [3.63, 3.8) is 0 Å². The van der Waals surface area contributed by atoms with Crippen molar-refractivity contribution in [2.45, 2.75) is 44.5 Å². The Morgan fingerprint density at radius 2 is 2.11 bits per heavy atom. The Hall–Kier alpha value is -1.06. The first-order valence-electron chi connectivity index (χ1n) is 6.91. The maximum Gasteiger partial charge on any atom is 0.0826 e. The van der Waals surface area contributed by atoms with Gasteiger partial charge in [-0.3, -0.25) is 0 Å². The van der Waals surface area contributed by atoms with Gasteiger partial charge in [0.2, 0.25) is 0 Å². The SMILES string of the molecule is CC1CCC(CN2CCC(O)c3ccccc32)O1. The Balaban J connectivity index is 1.76. The fraction of sp³-hybridized carbons (Fsp3) is 0.600. The third-order valence-electron chi connectivity index (χ3n) is 4.05. The summed E-state index contributed by atoms with van der Waals surface area (Å²) in [5.41, 5.74) is 2.24. The van der Waals surface area contributed by atoms with Crippen molar-refractivity contribution in [2.75, 3.05) is 18.0 Å². The second-order valence-corrected chi connectivity index (χ2v) is 5.46. The first-order valence-corrected chi connectivity index (χ1v) is 6.91. The Morgan fingerprint density at radius 3 is 2.89 bits per heavy atom. The normalized spacial score (nSPS) is 31.4. The Labute approximate surface area is 108 Å². The zero-order chi connectivity index (χ0) is 12.5. The van der Waals surface area contributed by atoms with Gasteiger partial charge in [-0.15, -0.1) is 0 Å². The molecule has 1 aromatic carbocycles. The molecule has 3 heteroatoms. The number of aliphatic hydroxyl groups excluding tert-OH is 1. The molecule has 0 radical (unpaired) electrons. The molecule has 3 nitrogen and oxygen atoms in total. The van der Waals surface area contributed by atoms with E-state index in [-0.39, 0.29) is 6.10 Å². The summed E-state index contributed by atoms with van der Waals surface area (Å²) in [5, 5.41) is 10.0. The van der Waals surface area contributed by atoms with Crippen LogP contribution in [0.4, 0.5) is 5.69 Å². The number of nitrogens with zero attached hydrogens (tertiary/aromatic N) is 1. The molecule has 0 aromatic heterocycles. The maximum absolute atomic E-state index is 10.0. The highest BCUT2D eigenvalue weighted by Gasteiger charge is 2.28. The number of rotatable bonds is 2. The van der Waals surface area contributed by atoms with E-state index in [1.807, 2.05) is 18.2 Å². The molecule has 2 aliphatic heterocycles. The van der Waals surface area contributed by atoms with Crippen LogP contribution in [0.25, 0.3) is 0 Å². The molecule has 0 aliphatic carbocycles. The average Bonchev–Trinajstić information content (AvgIpc) is 2.79. The summed E-state index contributed by atoms with van der Waals surface area (Å²) in [6, 6.07) is 8.18. The Morgan fingerprint density at radius 1 is 1.28 bits per heavy atom. The first-order chi connectivity index (χ1) is 8.74. The van der Waals surface area contributed by atoms with Gasteiger partial charge in [-0.25, -0.2) is 0 Å². The summed E-state index contributed by atoms with van der Waals surface area (Å²) < 4.78 is 5.90. The Kier molecular flexibility index (Phi) is 3.27. The van der Waals surface area contributed by atoms with Gasteiger partial charge in [0, 0.05) is 24.3 Å². The Bertz CT molecular complexity index is 421. The summed E-state index contributed by atoms with van der Waals surface area (Å²) in [7, 11) is 0. The molecule has 98 valence electrons. The number of para-hydroxylation sites is 1. The molecule has 18 heavy (non-hydrogen) atoms. The number of aliphatic hydroxyl groups is 1. The number of hydrogen-bond donors (Lipinski definition) is 1. The molecule has 0 spiro atoms. The van der Waals surface area contributed by atoms with E-state index in [4.69, 9.17) is 4.74 Å². The first kappa shape index (κ1) is 12.0. The van der Waals surface area contributed by atoms with E-state index in [1.165, 1.54) is 12.1 Å². The monoisotopic (exact) mass is 247 g/mol. The molecule has 3 atom stereocenters. The maximum atomic E-state index is 10.0. The number of benzene rings is 1. The van der Waals surface area contributed by atoms with Crippen LogP contribution in [0.15, 0.2) is 24.3 Å². The highest BCUT2D eigenvalue weighted by molar-refractivity contribution is 5.56. The third-order valence-corrected chi connectivity index (χ3v) is 4.05. The topological polar surface area (TPSA) is 32.7 Å². The van der Waals surface area contributed by atoms with Crippen molar-refractivity contribution < 1.29 is 9.84 Å². The molecule has 0 bridgehead atoms. The van der Waals surface area contributed by atoms with Gasteiger partial charge in [0.1, 0.15) is 0 Å². The molecule has 1 saturated heterocycles. The van der Waals surface area contributed by atoms with Crippen LogP contribution >= 0.6 is 0 Å². The van der Waals surface area contributed by atoms with Crippen LogP contribution in [0.3, 0.4) is 0 Å². The number of fused-ring (bicyclic) bond motifs is 1. The molecule has 1 fully saturated rings. The van der Waals surface area contributed by atoms with Crippen LogP contribution in [0.2, 0.25) is 0 Å². The van der Waals surface area contributed by atoms with Gasteiger partial charge >= 0.3 is 0 Å². The van der Waals surface area contributed by atoms with E-state index >= 15 is 0 Å². The van der Waals surface area contributed by atoms with Gasteiger partial charge in [0.15, 0.2) is 0 Å². The molecular formula is C15H21NO2. The highest BCUT2D eigenvalue weighted by atomic mass is 16.5. The van der Waals surface area contributed by atoms with E-state index in [1.54, 1.807) is 0 Å².